The summed E-state index contributed by atoms with van der Waals surface area (Å²) in [5, 5.41) is 0. The number of hydroxylamine groups is 1. The van der Waals surface area contributed by atoms with E-state index in [0.717, 1.165) is 70.1 Å². The molecule has 2 saturated heterocycles. The molecule has 1 spiro atoms. The first-order chi connectivity index (χ1) is 18.1. The lowest BCUT2D eigenvalue weighted by atomic mass is 9.82. The van der Waals surface area contributed by atoms with Gasteiger partial charge in [-0.15, -0.1) is 0 Å². The van der Waals surface area contributed by atoms with Crippen LogP contribution in [0.3, 0.4) is 0 Å². The van der Waals surface area contributed by atoms with Gasteiger partial charge in [-0.05, 0) is 61.6 Å². The molecule has 0 aromatic heterocycles. The van der Waals surface area contributed by atoms with E-state index in [1.165, 1.54) is 11.6 Å². The second-order valence-corrected chi connectivity index (χ2v) is 10.3. The number of nitrogens with zero attached hydrogens (tertiary/aromatic N) is 1. The molecule has 0 saturated carbocycles. The molecule has 1 N–H and O–H groups in total. The molecule has 1 amide bonds. The molecule has 1 unspecified atom stereocenters. The van der Waals surface area contributed by atoms with Crippen LogP contribution in [0, 0.1) is 0 Å². The first-order valence-electron chi connectivity index (χ1n) is 13.5. The SMILES string of the molecule is O=C(C=Cc1ccc2c(c1)C(=O)CC1(CCN(CCCc3ccccc3)CC1)O2)NOC1CCCCO1. The molecule has 196 valence electrons. The number of carbonyl (C=O) groups is 2. The Morgan fingerprint density at radius 2 is 1.97 bits per heavy atom. The Morgan fingerprint density at radius 3 is 2.76 bits per heavy atom. The Morgan fingerprint density at radius 1 is 1.14 bits per heavy atom. The predicted molar refractivity (Wildman–Crippen MR) is 141 cm³/mol. The standard InChI is InChI=1S/C30H36N2O5/c33-26-22-30(15-18-32(19-16-30)17-6-9-23-7-2-1-3-8-23)36-27-13-11-24(21-25(26)27)12-14-28(34)31-37-29-10-4-5-20-35-29/h1-3,7-8,11-14,21,29H,4-6,9-10,15-20,22H2,(H,31,34). The average Bonchev–Trinajstić information content (AvgIpc) is 2.93. The van der Waals surface area contributed by atoms with Gasteiger partial charge in [-0.3, -0.25) is 9.59 Å². The van der Waals surface area contributed by atoms with Gasteiger partial charge in [-0.2, -0.15) is 0 Å². The van der Waals surface area contributed by atoms with Crippen molar-refractivity contribution in [3.05, 3.63) is 71.3 Å². The summed E-state index contributed by atoms with van der Waals surface area (Å²) < 4.78 is 11.9. The number of Topliss-reactive ketones (excluding diaryl/α,β-unsaturated/α-hetero) is 1. The summed E-state index contributed by atoms with van der Waals surface area (Å²) in [6, 6.07) is 16.1. The summed E-state index contributed by atoms with van der Waals surface area (Å²) in [5.41, 5.74) is 4.74. The maximum absolute atomic E-state index is 13.1. The number of nitrogens with one attached hydrogen (secondary N) is 1. The number of rotatable bonds is 8. The third-order valence-corrected chi connectivity index (χ3v) is 7.52. The Kier molecular flexibility index (Phi) is 8.34. The fourth-order valence-corrected chi connectivity index (χ4v) is 5.36. The van der Waals surface area contributed by atoms with Gasteiger partial charge in [0.2, 0.25) is 0 Å². The molecular weight excluding hydrogens is 468 g/mol. The lowest BCUT2D eigenvalue weighted by Crippen LogP contribution is -2.51. The maximum Gasteiger partial charge on any atom is 0.267 e. The molecule has 1 atom stereocenters. The third-order valence-electron chi connectivity index (χ3n) is 7.52. The van der Waals surface area contributed by atoms with Gasteiger partial charge in [-0.1, -0.05) is 36.4 Å². The van der Waals surface area contributed by atoms with Crippen molar-refractivity contribution >= 4 is 17.8 Å². The number of ketones is 1. The Balaban J connectivity index is 1.11. The molecule has 0 aliphatic carbocycles. The monoisotopic (exact) mass is 504 g/mol. The zero-order chi connectivity index (χ0) is 25.5. The maximum atomic E-state index is 13.1. The van der Waals surface area contributed by atoms with E-state index >= 15 is 0 Å². The van der Waals surface area contributed by atoms with E-state index in [-0.39, 0.29) is 11.7 Å². The van der Waals surface area contributed by atoms with Gasteiger partial charge in [0.25, 0.3) is 5.91 Å². The van der Waals surface area contributed by atoms with Crippen molar-refractivity contribution in [2.45, 2.75) is 63.3 Å². The summed E-state index contributed by atoms with van der Waals surface area (Å²) in [5.74, 6) is 0.383. The van der Waals surface area contributed by atoms with Crippen LogP contribution in [0.1, 0.15) is 66.4 Å². The fraction of sp³-hybridized carbons (Fsp3) is 0.467. The molecule has 3 heterocycles. The van der Waals surface area contributed by atoms with Crippen LogP contribution in [-0.2, 0) is 20.8 Å². The highest BCUT2D eigenvalue weighted by molar-refractivity contribution is 6.01. The number of carbonyl (C=O) groups excluding carboxylic acids is 2. The predicted octanol–water partition coefficient (Wildman–Crippen LogP) is 4.71. The van der Waals surface area contributed by atoms with Crippen LogP contribution in [0.2, 0.25) is 0 Å². The molecule has 5 rings (SSSR count). The topological polar surface area (TPSA) is 77.1 Å². The van der Waals surface area contributed by atoms with Crippen molar-refractivity contribution in [2.75, 3.05) is 26.2 Å². The molecule has 3 aliphatic rings. The molecule has 7 heteroatoms. The minimum atomic E-state index is -0.407. The minimum Gasteiger partial charge on any atom is -0.486 e. The van der Waals surface area contributed by atoms with Crippen molar-refractivity contribution in [1.29, 1.82) is 0 Å². The molecule has 2 aromatic carbocycles. The molecular formula is C30H36N2O5. The summed E-state index contributed by atoms with van der Waals surface area (Å²) >= 11 is 0. The molecule has 0 radical (unpaired) electrons. The van der Waals surface area contributed by atoms with Crippen LogP contribution in [0.25, 0.3) is 6.08 Å². The average molecular weight is 505 g/mol. The summed E-state index contributed by atoms with van der Waals surface area (Å²) in [7, 11) is 0. The first kappa shape index (κ1) is 25.6. The highest BCUT2D eigenvalue weighted by atomic mass is 16.8. The first-order valence-corrected chi connectivity index (χ1v) is 13.5. The van der Waals surface area contributed by atoms with Crippen LogP contribution in [0.5, 0.6) is 5.75 Å². The number of likely N-dealkylation sites (tertiary alicyclic amines) is 1. The van der Waals surface area contributed by atoms with Crippen LogP contribution in [-0.4, -0.2) is 54.7 Å². The summed E-state index contributed by atoms with van der Waals surface area (Å²) in [6.45, 7) is 3.61. The van der Waals surface area contributed by atoms with Crippen LogP contribution in [0.4, 0.5) is 0 Å². The molecule has 2 fully saturated rings. The van der Waals surface area contributed by atoms with Gasteiger partial charge in [-0.25, -0.2) is 10.3 Å². The fourth-order valence-electron chi connectivity index (χ4n) is 5.36. The van der Waals surface area contributed by atoms with Crippen molar-refractivity contribution in [3.8, 4) is 5.75 Å². The Labute approximate surface area is 218 Å². The lowest BCUT2D eigenvalue weighted by molar-refractivity contribution is -0.198. The molecule has 7 nitrogen and oxygen atoms in total. The lowest BCUT2D eigenvalue weighted by Gasteiger charge is -2.44. The van der Waals surface area contributed by atoms with Gasteiger partial charge < -0.3 is 14.4 Å². The molecule has 2 aromatic rings. The van der Waals surface area contributed by atoms with Crippen LogP contribution in [0.15, 0.2) is 54.6 Å². The van der Waals surface area contributed by atoms with Crippen molar-refractivity contribution < 1.29 is 23.9 Å². The van der Waals surface area contributed by atoms with Crippen molar-refractivity contribution in [3.63, 3.8) is 0 Å². The largest absolute Gasteiger partial charge is 0.486 e. The van der Waals surface area contributed by atoms with Crippen molar-refractivity contribution in [2.24, 2.45) is 0 Å². The van der Waals surface area contributed by atoms with E-state index in [1.54, 1.807) is 12.1 Å². The van der Waals surface area contributed by atoms with Gasteiger partial charge in [0.15, 0.2) is 12.1 Å². The summed E-state index contributed by atoms with van der Waals surface area (Å²) in [4.78, 5) is 33.0. The number of hydrogen-bond acceptors (Lipinski definition) is 6. The van der Waals surface area contributed by atoms with Crippen molar-refractivity contribution in [1.82, 2.24) is 10.4 Å². The minimum absolute atomic E-state index is 0.108. The number of fused-ring (bicyclic) bond motifs is 1. The molecule has 37 heavy (non-hydrogen) atoms. The highest BCUT2D eigenvalue weighted by Gasteiger charge is 2.42. The van der Waals surface area contributed by atoms with E-state index in [4.69, 9.17) is 14.3 Å². The van der Waals surface area contributed by atoms with Gasteiger partial charge in [0, 0.05) is 45.0 Å². The van der Waals surface area contributed by atoms with Crippen LogP contribution < -0.4 is 10.2 Å². The quantitative estimate of drug-likeness (QED) is 0.415. The van der Waals surface area contributed by atoms with Gasteiger partial charge >= 0.3 is 0 Å². The molecule has 3 aliphatic heterocycles. The second-order valence-electron chi connectivity index (χ2n) is 10.3. The molecule has 0 bridgehead atoms. The van der Waals surface area contributed by atoms with Crippen LogP contribution >= 0.6 is 0 Å². The van der Waals surface area contributed by atoms with E-state index in [0.29, 0.717) is 24.3 Å². The normalized spacial score (nSPS) is 21.5. The number of amides is 1. The number of ether oxygens (including phenoxy) is 2. The zero-order valence-corrected chi connectivity index (χ0v) is 21.3. The zero-order valence-electron chi connectivity index (χ0n) is 21.3. The second kappa shape index (κ2) is 12.0. The Bertz CT molecular complexity index is 1100. The number of benzene rings is 2. The smallest absolute Gasteiger partial charge is 0.267 e. The number of hydrogen-bond donors (Lipinski definition) is 1. The Hall–Kier alpha value is -3.00. The number of piperidine rings is 1. The number of aryl methyl sites for hydroxylation is 1. The van der Waals surface area contributed by atoms with E-state index in [1.807, 2.05) is 12.1 Å². The highest BCUT2D eigenvalue weighted by Crippen LogP contribution is 2.39. The van der Waals surface area contributed by atoms with Gasteiger partial charge in [0.1, 0.15) is 11.4 Å². The summed E-state index contributed by atoms with van der Waals surface area (Å²) in [6.07, 6.45) is 9.83. The van der Waals surface area contributed by atoms with E-state index in [2.05, 4.69) is 40.7 Å². The van der Waals surface area contributed by atoms with Gasteiger partial charge in [0.05, 0.1) is 12.0 Å². The van der Waals surface area contributed by atoms with E-state index < -0.39 is 11.9 Å². The third kappa shape index (κ3) is 6.86. The van der Waals surface area contributed by atoms with E-state index in [9.17, 15) is 9.59 Å².